The van der Waals surface area contributed by atoms with E-state index in [1.165, 1.54) is 10.8 Å². The molecule has 0 bridgehead atoms. The Morgan fingerprint density at radius 1 is 1.05 bits per heavy atom. The summed E-state index contributed by atoms with van der Waals surface area (Å²) in [5, 5.41) is 5.94. The third-order valence-electron chi connectivity index (χ3n) is 3.46. The fourth-order valence-corrected chi connectivity index (χ4v) is 2.10. The first-order valence-corrected chi connectivity index (χ1v) is 7.09. The normalized spacial score (nSPS) is 14.3. The first kappa shape index (κ1) is 13.9. The van der Waals surface area contributed by atoms with Crippen LogP contribution in [0.4, 0.5) is 0 Å². The van der Waals surface area contributed by atoms with Crippen molar-refractivity contribution in [2.75, 3.05) is 6.54 Å². The van der Waals surface area contributed by atoms with Crippen molar-refractivity contribution in [1.29, 1.82) is 0 Å². The monoisotopic (exact) mass is 257 g/mol. The van der Waals surface area contributed by atoms with E-state index in [2.05, 4.69) is 62.5 Å². The van der Waals surface area contributed by atoms with Crippen LogP contribution in [0.5, 0.6) is 5.75 Å². The molecule has 0 aliphatic rings. The van der Waals surface area contributed by atoms with E-state index in [4.69, 9.17) is 4.74 Å². The summed E-state index contributed by atoms with van der Waals surface area (Å²) in [6.45, 7) is 7.49. The Labute approximate surface area is 115 Å². The Balaban J connectivity index is 2.04. The average Bonchev–Trinajstić information content (AvgIpc) is 2.44. The summed E-state index contributed by atoms with van der Waals surface area (Å²) in [4.78, 5) is 0. The van der Waals surface area contributed by atoms with Crippen molar-refractivity contribution in [2.24, 2.45) is 0 Å². The van der Waals surface area contributed by atoms with Crippen molar-refractivity contribution in [3.63, 3.8) is 0 Å². The van der Waals surface area contributed by atoms with Crippen LogP contribution in [0.3, 0.4) is 0 Å². The van der Waals surface area contributed by atoms with Crippen LogP contribution in [-0.4, -0.2) is 18.7 Å². The molecule has 2 rings (SSSR count). The summed E-state index contributed by atoms with van der Waals surface area (Å²) in [5.74, 6) is 0.941. The zero-order valence-corrected chi connectivity index (χ0v) is 12.0. The number of nitrogens with one attached hydrogen (secondary N) is 1. The highest BCUT2D eigenvalue weighted by Crippen LogP contribution is 2.21. The lowest BCUT2D eigenvalue weighted by Crippen LogP contribution is -2.39. The van der Waals surface area contributed by atoms with Crippen LogP contribution in [0.1, 0.15) is 27.2 Å². The number of hydrogen-bond acceptors (Lipinski definition) is 2. The molecule has 2 heteroatoms. The molecule has 0 amide bonds. The molecule has 19 heavy (non-hydrogen) atoms. The van der Waals surface area contributed by atoms with Crippen molar-refractivity contribution >= 4 is 10.8 Å². The molecule has 0 heterocycles. The van der Waals surface area contributed by atoms with E-state index in [1.807, 2.05) is 6.07 Å². The topological polar surface area (TPSA) is 21.3 Å². The minimum atomic E-state index is 0.160. The van der Waals surface area contributed by atoms with Gasteiger partial charge in [0, 0.05) is 6.04 Å². The van der Waals surface area contributed by atoms with Crippen LogP contribution in [0.25, 0.3) is 10.8 Å². The van der Waals surface area contributed by atoms with Gasteiger partial charge in [-0.3, -0.25) is 0 Å². The number of benzene rings is 2. The fourth-order valence-electron chi connectivity index (χ4n) is 2.10. The molecule has 2 unspecified atom stereocenters. The fraction of sp³-hybridized carbons (Fsp3) is 0.412. The molecule has 0 fully saturated rings. The highest BCUT2D eigenvalue weighted by molar-refractivity contribution is 5.83. The van der Waals surface area contributed by atoms with Crippen molar-refractivity contribution in [3.05, 3.63) is 42.5 Å². The van der Waals surface area contributed by atoms with Crippen LogP contribution in [0.2, 0.25) is 0 Å². The van der Waals surface area contributed by atoms with Gasteiger partial charge in [0.05, 0.1) is 0 Å². The summed E-state index contributed by atoms with van der Waals surface area (Å²) in [5.41, 5.74) is 0. The molecule has 1 N–H and O–H groups in total. The number of hydrogen-bond donors (Lipinski definition) is 1. The number of fused-ring (bicyclic) bond motifs is 1. The molecule has 2 atom stereocenters. The highest BCUT2D eigenvalue weighted by atomic mass is 16.5. The highest BCUT2D eigenvalue weighted by Gasteiger charge is 2.12. The zero-order chi connectivity index (χ0) is 13.7. The van der Waals surface area contributed by atoms with Crippen molar-refractivity contribution in [3.8, 4) is 5.75 Å². The van der Waals surface area contributed by atoms with Crippen LogP contribution < -0.4 is 10.1 Å². The van der Waals surface area contributed by atoms with E-state index < -0.39 is 0 Å². The second kappa shape index (κ2) is 6.58. The third kappa shape index (κ3) is 3.71. The van der Waals surface area contributed by atoms with Gasteiger partial charge >= 0.3 is 0 Å². The van der Waals surface area contributed by atoms with Gasteiger partial charge in [-0.1, -0.05) is 37.3 Å². The molecule has 0 radical (unpaired) electrons. The lowest BCUT2D eigenvalue weighted by molar-refractivity contribution is 0.178. The lowest BCUT2D eigenvalue weighted by atomic mass is 10.1. The summed E-state index contributed by atoms with van der Waals surface area (Å²) >= 11 is 0. The largest absolute Gasteiger partial charge is 0.489 e. The van der Waals surface area contributed by atoms with Gasteiger partial charge < -0.3 is 10.1 Å². The SMILES string of the molecule is CCCNC(C)C(C)Oc1ccc2ccccc2c1. The van der Waals surface area contributed by atoms with Gasteiger partial charge in [0.2, 0.25) is 0 Å². The average molecular weight is 257 g/mol. The van der Waals surface area contributed by atoms with Gasteiger partial charge in [-0.25, -0.2) is 0 Å². The van der Waals surface area contributed by atoms with E-state index in [1.54, 1.807) is 0 Å². The van der Waals surface area contributed by atoms with Gasteiger partial charge in [-0.2, -0.15) is 0 Å². The quantitative estimate of drug-likeness (QED) is 0.844. The van der Waals surface area contributed by atoms with E-state index in [9.17, 15) is 0 Å². The number of ether oxygens (including phenoxy) is 1. The molecule has 0 aliphatic heterocycles. The standard InChI is InChI=1S/C17H23NO/c1-4-11-18-13(2)14(3)19-17-10-9-15-7-5-6-8-16(15)12-17/h5-10,12-14,18H,4,11H2,1-3H3. The molecule has 2 aromatic rings. The molecule has 2 nitrogen and oxygen atoms in total. The van der Waals surface area contributed by atoms with E-state index >= 15 is 0 Å². The van der Waals surface area contributed by atoms with Gasteiger partial charge in [-0.15, -0.1) is 0 Å². The Morgan fingerprint density at radius 2 is 1.79 bits per heavy atom. The van der Waals surface area contributed by atoms with E-state index in [0.29, 0.717) is 6.04 Å². The third-order valence-corrected chi connectivity index (χ3v) is 3.46. The zero-order valence-electron chi connectivity index (χ0n) is 12.0. The first-order valence-electron chi connectivity index (χ1n) is 7.09. The minimum Gasteiger partial charge on any atom is -0.489 e. The predicted octanol–water partition coefficient (Wildman–Crippen LogP) is 4.00. The second-order valence-corrected chi connectivity index (χ2v) is 5.07. The predicted molar refractivity (Wildman–Crippen MR) is 81.8 cm³/mol. The maximum absolute atomic E-state index is 6.02. The maximum atomic E-state index is 6.02. The van der Waals surface area contributed by atoms with E-state index in [-0.39, 0.29) is 6.10 Å². The van der Waals surface area contributed by atoms with Crippen molar-refractivity contribution in [1.82, 2.24) is 5.32 Å². The maximum Gasteiger partial charge on any atom is 0.120 e. The minimum absolute atomic E-state index is 0.160. The van der Waals surface area contributed by atoms with Gasteiger partial charge in [0.25, 0.3) is 0 Å². The number of rotatable bonds is 6. The van der Waals surface area contributed by atoms with Crippen LogP contribution >= 0.6 is 0 Å². The summed E-state index contributed by atoms with van der Waals surface area (Å²) in [7, 11) is 0. The Hall–Kier alpha value is -1.54. The lowest BCUT2D eigenvalue weighted by Gasteiger charge is -2.22. The van der Waals surface area contributed by atoms with Crippen LogP contribution in [0.15, 0.2) is 42.5 Å². The molecule has 0 spiro atoms. The molecule has 102 valence electrons. The molecular formula is C17H23NO. The van der Waals surface area contributed by atoms with Crippen molar-refractivity contribution in [2.45, 2.75) is 39.3 Å². The second-order valence-electron chi connectivity index (χ2n) is 5.07. The van der Waals surface area contributed by atoms with Gasteiger partial charge in [0.15, 0.2) is 0 Å². The first-order chi connectivity index (χ1) is 9.20. The Kier molecular flexibility index (Phi) is 4.80. The van der Waals surface area contributed by atoms with Crippen LogP contribution in [-0.2, 0) is 0 Å². The van der Waals surface area contributed by atoms with E-state index in [0.717, 1.165) is 18.7 Å². The van der Waals surface area contributed by atoms with Crippen LogP contribution in [0, 0.1) is 0 Å². The molecule has 0 saturated heterocycles. The summed E-state index contributed by atoms with van der Waals surface area (Å²) in [6.07, 6.45) is 1.31. The molecule has 2 aromatic carbocycles. The Bertz CT molecular complexity index is 523. The van der Waals surface area contributed by atoms with Gasteiger partial charge in [-0.05, 0) is 49.7 Å². The summed E-state index contributed by atoms with van der Waals surface area (Å²) < 4.78 is 6.02. The van der Waals surface area contributed by atoms with Crippen molar-refractivity contribution < 1.29 is 4.74 Å². The molecule has 0 aliphatic carbocycles. The van der Waals surface area contributed by atoms with Gasteiger partial charge in [0.1, 0.15) is 11.9 Å². The smallest absolute Gasteiger partial charge is 0.120 e. The Morgan fingerprint density at radius 3 is 2.53 bits per heavy atom. The summed E-state index contributed by atoms with van der Waals surface area (Å²) in [6, 6.07) is 15.0. The molecular weight excluding hydrogens is 234 g/mol. The molecule has 0 saturated carbocycles. The molecule has 0 aromatic heterocycles.